The van der Waals surface area contributed by atoms with Gasteiger partial charge in [0.05, 0.1) is 29.9 Å². The zero-order chi connectivity index (χ0) is 26.9. The number of H-pyrrole nitrogens is 1. The van der Waals surface area contributed by atoms with Gasteiger partial charge in [-0.05, 0) is 49.2 Å². The van der Waals surface area contributed by atoms with Crippen molar-refractivity contribution in [1.29, 1.82) is 0 Å². The maximum atomic E-state index is 13.4. The minimum absolute atomic E-state index is 0.248. The number of nitrogens with zero attached hydrogens (tertiary/aromatic N) is 3. The van der Waals surface area contributed by atoms with Crippen LogP contribution >= 0.6 is 15.9 Å². The van der Waals surface area contributed by atoms with E-state index in [0.29, 0.717) is 16.7 Å². The van der Waals surface area contributed by atoms with E-state index in [2.05, 4.69) is 36.4 Å². The number of aromatic nitrogens is 4. The molecule has 6 N–H and O–H groups in total. The van der Waals surface area contributed by atoms with Crippen molar-refractivity contribution < 1.29 is 25.2 Å². The van der Waals surface area contributed by atoms with Crippen LogP contribution < -0.4 is 10.9 Å². The first kappa shape index (κ1) is 26.6. The van der Waals surface area contributed by atoms with Gasteiger partial charge >= 0.3 is 0 Å². The summed E-state index contributed by atoms with van der Waals surface area (Å²) in [5.41, 5.74) is 2.56. The average Bonchev–Trinajstić information content (AvgIpc) is 3.34. The lowest BCUT2D eigenvalue weighted by molar-refractivity contribution is -0.0805. The van der Waals surface area contributed by atoms with E-state index in [1.807, 2.05) is 38.1 Å². The molecule has 2 aromatic carbocycles. The number of carbonyl (C=O) groups is 1. The second-order valence-corrected chi connectivity index (χ2v) is 9.65. The number of aliphatic hydroxyl groups is 4. The fourth-order valence-electron chi connectivity index (χ4n) is 3.82. The molecule has 2 aromatic heterocycles. The van der Waals surface area contributed by atoms with Crippen molar-refractivity contribution >= 4 is 38.7 Å². The van der Waals surface area contributed by atoms with Gasteiger partial charge in [0.1, 0.15) is 24.1 Å². The van der Waals surface area contributed by atoms with Crippen LogP contribution in [0, 0.1) is 13.8 Å². The van der Waals surface area contributed by atoms with E-state index in [-0.39, 0.29) is 5.82 Å². The number of carbonyl (C=O) groups excluding carboxylic acids is 1. The number of aliphatic hydroxyl groups excluding tert-OH is 4. The Labute approximate surface area is 219 Å². The van der Waals surface area contributed by atoms with E-state index in [1.54, 1.807) is 18.2 Å². The lowest BCUT2D eigenvalue weighted by Gasteiger charge is -2.23. The van der Waals surface area contributed by atoms with Crippen LogP contribution in [0.15, 0.2) is 51.7 Å². The standard InChI is InChI=1S/C25H26BrN5O6/c1-12-7-17-18(8-13(12)2)31(10-19(33)23(35)20(34)11-32)25(37)22(27-17)24(36)28-21-9-16(29-30-21)14-3-5-15(26)6-4-14/h3-9,19-20,23,32-35H,10-11H2,1-2H3,(H2,28,29,30,36). The number of fused-ring (bicyclic) bond motifs is 1. The maximum absolute atomic E-state index is 13.4. The van der Waals surface area contributed by atoms with Gasteiger partial charge in [-0.1, -0.05) is 28.1 Å². The predicted molar refractivity (Wildman–Crippen MR) is 140 cm³/mol. The second-order valence-electron chi connectivity index (χ2n) is 8.74. The highest BCUT2D eigenvalue weighted by Gasteiger charge is 2.27. The number of nitrogens with one attached hydrogen (secondary N) is 2. The molecule has 12 heteroatoms. The van der Waals surface area contributed by atoms with Gasteiger partial charge in [0, 0.05) is 16.1 Å². The number of aryl methyl sites for hydroxylation is 2. The molecule has 3 atom stereocenters. The summed E-state index contributed by atoms with van der Waals surface area (Å²) in [6.45, 7) is 2.47. The minimum Gasteiger partial charge on any atom is -0.394 e. The number of hydrogen-bond acceptors (Lipinski definition) is 8. The third kappa shape index (κ3) is 5.63. The van der Waals surface area contributed by atoms with Crippen molar-refractivity contribution in [2.75, 3.05) is 11.9 Å². The molecule has 4 aromatic rings. The van der Waals surface area contributed by atoms with Crippen LogP contribution in [-0.2, 0) is 6.54 Å². The third-order valence-corrected chi connectivity index (χ3v) is 6.62. The fourth-order valence-corrected chi connectivity index (χ4v) is 4.09. The molecule has 0 aliphatic heterocycles. The number of benzene rings is 2. The maximum Gasteiger partial charge on any atom is 0.282 e. The molecule has 0 saturated heterocycles. The van der Waals surface area contributed by atoms with Gasteiger partial charge in [-0.25, -0.2) is 4.98 Å². The van der Waals surface area contributed by atoms with E-state index in [9.17, 15) is 24.9 Å². The van der Waals surface area contributed by atoms with Crippen molar-refractivity contribution in [2.45, 2.75) is 38.7 Å². The Morgan fingerprint density at radius 1 is 1.08 bits per heavy atom. The Bertz CT molecular complexity index is 1500. The first-order valence-corrected chi connectivity index (χ1v) is 12.2. The smallest absolute Gasteiger partial charge is 0.282 e. The number of hydrogen-bond donors (Lipinski definition) is 6. The highest BCUT2D eigenvalue weighted by atomic mass is 79.9. The van der Waals surface area contributed by atoms with E-state index < -0.39 is 48.6 Å². The van der Waals surface area contributed by atoms with Gasteiger partial charge in [0.25, 0.3) is 11.5 Å². The van der Waals surface area contributed by atoms with Gasteiger partial charge in [0.15, 0.2) is 5.69 Å². The van der Waals surface area contributed by atoms with E-state index in [1.165, 1.54) is 0 Å². The van der Waals surface area contributed by atoms with Gasteiger partial charge in [-0.2, -0.15) is 5.10 Å². The highest BCUT2D eigenvalue weighted by Crippen LogP contribution is 2.23. The number of halogens is 1. The molecule has 0 spiro atoms. The van der Waals surface area contributed by atoms with Crippen LogP contribution in [0.25, 0.3) is 22.3 Å². The summed E-state index contributed by atoms with van der Waals surface area (Å²) in [5, 5.41) is 48.9. The molecule has 11 nitrogen and oxygen atoms in total. The van der Waals surface area contributed by atoms with Gasteiger partial charge < -0.3 is 30.3 Å². The molecule has 0 radical (unpaired) electrons. The number of rotatable bonds is 8. The number of aromatic amines is 1. The second kappa shape index (κ2) is 10.9. The lowest BCUT2D eigenvalue weighted by atomic mass is 10.1. The Morgan fingerprint density at radius 3 is 2.43 bits per heavy atom. The fraction of sp³-hybridized carbons (Fsp3) is 0.280. The van der Waals surface area contributed by atoms with Crippen LogP contribution in [0.2, 0.25) is 0 Å². The van der Waals surface area contributed by atoms with Crippen LogP contribution in [0.3, 0.4) is 0 Å². The SMILES string of the molecule is Cc1cc2nc(C(=O)Nc3cc(-c4ccc(Br)cc4)n[nH]3)c(=O)n(CC(O)C(O)C(O)CO)c2cc1C. The normalized spacial score (nSPS) is 13.9. The Balaban J connectivity index is 1.70. The topological polar surface area (TPSA) is 174 Å². The molecule has 4 rings (SSSR count). The zero-order valence-electron chi connectivity index (χ0n) is 20.0. The van der Waals surface area contributed by atoms with E-state index >= 15 is 0 Å². The molecular weight excluding hydrogens is 546 g/mol. The van der Waals surface area contributed by atoms with Gasteiger partial charge in [-0.15, -0.1) is 0 Å². The number of anilines is 1. The predicted octanol–water partition coefficient (Wildman–Crippen LogP) is 1.49. The Hall–Kier alpha value is -3.42. The minimum atomic E-state index is -1.72. The van der Waals surface area contributed by atoms with Crippen molar-refractivity contribution in [1.82, 2.24) is 19.7 Å². The van der Waals surface area contributed by atoms with Crippen LogP contribution in [-0.4, -0.2) is 71.0 Å². The van der Waals surface area contributed by atoms with Gasteiger partial charge in [-0.3, -0.25) is 14.7 Å². The third-order valence-electron chi connectivity index (χ3n) is 6.09. The van der Waals surface area contributed by atoms with Crippen LogP contribution in [0.5, 0.6) is 0 Å². The summed E-state index contributed by atoms with van der Waals surface area (Å²) in [5.74, 6) is -0.548. The van der Waals surface area contributed by atoms with Crippen molar-refractivity contribution in [3.8, 4) is 11.3 Å². The monoisotopic (exact) mass is 571 g/mol. The van der Waals surface area contributed by atoms with Gasteiger partial charge in [0.2, 0.25) is 0 Å². The molecular formula is C25H26BrN5O6. The largest absolute Gasteiger partial charge is 0.394 e. The molecule has 3 unspecified atom stereocenters. The van der Waals surface area contributed by atoms with Crippen molar-refractivity contribution in [3.05, 3.63) is 74.1 Å². The highest BCUT2D eigenvalue weighted by molar-refractivity contribution is 9.10. The molecule has 0 aliphatic rings. The van der Waals surface area contributed by atoms with Crippen molar-refractivity contribution in [3.63, 3.8) is 0 Å². The summed E-state index contributed by atoms with van der Waals surface area (Å²) in [6, 6.07) is 12.5. The van der Waals surface area contributed by atoms with E-state index in [0.717, 1.165) is 25.7 Å². The van der Waals surface area contributed by atoms with E-state index in [4.69, 9.17) is 5.11 Å². The average molecular weight is 572 g/mol. The molecule has 194 valence electrons. The first-order chi connectivity index (χ1) is 17.6. The number of amides is 1. The van der Waals surface area contributed by atoms with Crippen LogP contribution in [0.1, 0.15) is 21.6 Å². The van der Waals surface area contributed by atoms with Crippen molar-refractivity contribution in [2.24, 2.45) is 0 Å². The Kier molecular flexibility index (Phi) is 7.85. The zero-order valence-corrected chi connectivity index (χ0v) is 21.6. The summed E-state index contributed by atoms with van der Waals surface area (Å²) in [4.78, 5) is 30.8. The molecule has 1 amide bonds. The molecule has 0 saturated carbocycles. The summed E-state index contributed by atoms with van der Waals surface area (Å²) < 4.78 is 2.04. The first-order valence-electron chi connectivity index (χ1n) is 11.4. The summed E-state index contributed by atoms with van der Waals surface area (Å²) in [7, 11) is 0. The quantitative estimate of drug-likeness (QED) is 0.184. The lowest BCUT2D eigenvalue weighted by Crippen LogP contribution is -2.44. The Morgan fingerprint density at radius 2 is 1.76 bits per heavy atom. The molecule has 2 heterocycles. The molecule has 0 bridgehead atoms. The van der Waals surface area contributed by atoms with Crippen LogP contribution in [0.4, 0.5) is 5.82 Å². The molecule has 0 aliphatic carbocycles. The summed E-state index contributed by atoms with van der Waals surface area (Å²) in [6.07, 6.45) is -4.93. The summed E-state index contributed by atoms with van der Waals surface area (Å²) >= 11 is 3.38. The molecule has 0 fully saturated rings. The molecule has 37 heavy (non-hydrogen) atoms.